The predicted molar refractivity (Wildman–Crippen MR) is 57.1 cm³/mol. The Morgan fingerprint density at radius 3 is 2.38 bits per heavy atom. The van der Waals surface area contributed by atoms with Crippen LogP contribution in [0.15, 0.2) is 18.2 Å². The van der Waals surface area contributed by atoms with E-state index in [1.54, 1.807) is 0 Å². The maximum absolute atomic E-state index is 12.4. The molecule has 0 fully saturated rings. The van der Waals surface area contributed by atoms with Gasteiger partial charge in [-0.05, 0) is 30.7 Å². The Morgan fingerprint density at radius 1 is 1.31 bits per heavy atom. The summed E-state index contributed by atoms with van der Waals surface area (Å²) in [5.41, 5.74) is 10.7. The minimum atomic E-state index is -4.44. The highest BCUT2D eigenvalue weighted by Crippen LogP contribution is 2.35. The van der Waals surface area contributed by atoms with E-state index in [0.29, 0.717) is 18.5 Å². The number of benzene rings is 1. The van der Waals surface area contributed by atoms with Crippen molar-refractivity contribution in [2.45, 2.75) is 18.6 Å². The lowest BCUT2D eigenvalue weighted by molar-refractivity contribution is -0.137. The van der Waals surface area contributed by atoms with Gasteiger partial charge >= 0.3 is 6.18 Å². The van der Waals surface area contributed by atoms with Crippen molar-refractivity contribution in [3.05, 3.63) is 34.3 Å². The number of alkyl halides is 3. The smallest absolute Gasteiger partial charge is 0.330 e. The first-order valence-corrected chi connectivity index (χ1v) is 5.06. The van der Waals surface area contributed by atoms with Crippen molar-refractivity contribution in [1.29, 1.82) is 0 Å². The second kappa shape index (κ2) is 5.03. The van der Waals surface area contributed by atoms with E-state index in [4.69, 9.17) is 23.1 Å². The fourth-order valence-electron chi connectivity index (χ4n) is 1.34. The third-order valence-corrected chi connectivity index (χ3v) is 2.52. The highest BCUT2D eigenvalue weighted by Gasteiger charge is 2.33. The quantitative estimate of drug-likeness (QED) is 0.869. The Morgan fingerprint density at radius 2 is 1.94 bits per heavy atom. The lowest BCUT2D eigenvalue weighted by Gasteiger charge is -2.14. The molecule has 2 nitrogen and oxygen atoms in total. The molecular formula is C10H12ClF3N2. The van der Waals surface area contributed by atoms with Gasteiger partial charge in [-0.3, -0.25) is 0 Å². The summed E-state index contributed by atoms with van der Waals surface area (Å²) < 4.78 is 37.2. The molecule has 0 spiro atoms. The van der Waals surface area contributed by atoms with E-state index in [-0.39, 0.29) is 11.1 Å². The minimum absolute atomic E-state index is 0.336. The van der Waals surface area contributed by atoms with Gasteiger partial charge < -0.3 is 11.5 Å². The molecule has 90 valence electrons. The van der Waals surface area contributed by atoms with Crippen LogP contribution in [-0.2, 0) is 6.18 Å². The SMILES string of the molecule is NCC[C@@H](N)c1ccc(C(F)(F)F)c(Cl)c1. The van der Waals surface area contributed by atoms with Crippen LogP contribution in [0.25, 0.3) is 0 Å². The van der Waals surface area contributed by atoms with Gasteiger partial charge in [0.1, 0.15) is 0 Å². The van der Waals surface area contributed by atoms with Crippen LogP contribution in [0.3, 0.4) is 0 Å². The molecule has 6 heteroatoms. The molecule has 0 aromatic heterocycles. The molecule has 1 rings (SSSR count). The zero-order valence-electron chi connectivity index (χ0n) is 8.39. The van der Waals surface area contributed by atoms with Crippen LogP contribution < -0.4 is 11.5 Å². The van der Waals surface area contributed by atoms with Gasteiger partial charge in [-0.25, -0.2) is 0 Å². The molecule has 1 atom stereocenters. The monoisotopic (exact) mass is 252 g/mol. The molecule has 0 radical (unpaired) electrons. The molecule has 0 aliphatic rings. The second-order valence-corrected chi connectivity index (χ2v) is 3.83. The van der Waals surface area contributed by atoms with Crippen molar-refractivity contribution in [1.82, 2.24) is 0 Å². The van der Waals surface area contributed by atoms with Crippen LogP contribution in [0, 0.1) is 0 Å². The molecular weight excluding hydrogens is 241 g/mol. The lowest BCUT2D eigenvalue weighted by Crippen LogP contribution is -2.16. The van der Waals surface area contributed by atoms with Crippen molar-refractivity contribution in [2.75, 3.05) is 6.54 Å². The van der Waals surface area contributed by atoms with Gasteiger partial charge in [-0.1, -0.05) is 17.7 Å². The van der Waals surface area contributed by atoms with Crippen LogP contribution in [0.5, 0.6) is 0 Å². The maximum atomic E-state index is 12.4. The highest BCUT2D eigenvalue weighted by molar-refractivity contribution is 6.31. The molecule has 1 aromatic rings. The van der Waals surface area contributed by atoms with Gasteiger partial charge in [-0.15, -0.1) is 0 Å². The minimum Gasteiger partial charge on any atom is -0.330 e. The van der Waals surface area contributed by atoms with Crippen LogP contribution in [0.1, 0.15) is 23.6 Å². The molecule has 0 aliphatic carbocycles. The van der Waals surface area contributed by atoms with Gasteiger partial charge in [0.05, 0.1) is 10.6 Å². The summed E-state index contributed by atoms with van der Waals surface area (Å²) in [6, 6.07) is 3.12. The Hall–Kier alpha value is -0.780. The van der Waals surface area contributed by atoms with E-state index in [0.717, 1.165) is 6.07 Å². The largest absolute Gasteiger partial charge is 0.417 e. The van der Waals surface area contributed by atoms with E-state index < -0.39 is 11.7 Å². The Labute approximate surface area is 96.4 Å². The van der Waals surface area contributed by atoms with Gasteiger partial charge in [0.15, 0.2) is 0 Å². The first kappa shape index (κ1) is 13.3. The molecule has 0 bridgehead atoms. The van der Waals surface area contributed by atoms with Crippen molar-refractivity contribution in [2.24, 2.45) is 11.5 Å². The van der Waals surface area contributed by atoms with Crippen LogP contribution in [0.4, 0.5) is 13.2 Å². The van der Waals surface area contributed by atoms with E-state index in [9.17, 15) is 13.2 Å². The lowest BCUT2D eigenvalue weighted by atomic mass is 10.0. The molecule has 4 N–H and O–H groups in total. The fourth-order valence-corrected chi connectivity index (χ4v) is 1.63. The average molecular weight is 253 g/mol. The number of halogens is 4. The van der Waals surface area contributed by atoms with Gasteiger partial charge in [0.2, 0.25) is 0 Å². The summed E-state index contributed by atoms with van der Waals surface area (Å²) in [6.07, 6.45) is -3.94. The maximum Gasteiger partial charge on any atom is 0.417 e. The van der Waals surface area contributed by atoms with E-state index in [2.05, 4.69) is 0 Å². The summed E-state index contributed by atoms with van der Waals surface area (Å²) in [4.78, 5) is 0. The predicted octanol–water partition coefficient (Wildman–Crippen LogP) is 2.71. The Bertz CT molecular complexity index is 366. The normalized spacial score (nSPS) is 13.9. The highest BCUT2D eigenvalue weighted by atomic mass is 35.5. The number of rotatable bonds is 3. The molecule has 0 heterocycles. The molecule has 0 aliphatic heterocycles. The molecule has 0 saturated heterocycles. The fraction of sp³-hybridized carbons (Fsp3) is 0.400. The second-order valence-electron chi connectivity index (χ2n) is 3.42. The summed E-state index contributed by atoms with van der Waals surface area (Å²) in [5.74, 6) is 0. The summed E-state index contributed by atoms with van der Waals surface area (Å²) in [5, 5.41) is -0.336. The zero-order chi connectivity index (χ0) is 12.3. The summed E-state index contributed by atoms with van der Waals surface area (Å²) in [7, 11) is 0. The average Bonchev–Trinajstić information content (AvgIpc) is 2.16. The molecule has 16 heavy (non-hydrogen) atoms. The van der Waals surface area contributed by atoms with Crippen molar-refractivity contribution in [3.63, 3.8) is 0 Å². The topological polar surface area (TPSA) is 52.0 Å². The third kappa shape index (κ3) is 3.10. The van der Waals surface area contributed by atoms with Gasteiger partial charge in [-0.2, -0.15) is 13.2 Å². The number of hydrogen-bond acceptors (Lipinski definition) is 2. The Kier molecular flexibility index (Phi) is 4.18. The first-order valence-electron chi connectivity index (χ1n) is 4.68. The third-order valence-electron chi connectivity index (χ3n) is 2.20. The van der Waals surface area contributed by atoms with Crippen LogP contribution >= 0.6 is 11.6 Å². The van der Waals surface area contributed by atoms with Gasteiger partial charge in [0.25, 0.3) is 0 Å². The van der Waals surface area contributed by atoms with Crippen molar-refractivity contribution in [3.8, 4) is 0 Å². The summed E-state index contributed by atoms with van der Waals surface area (Å²) in [6.45, 7) is 0.375. The molecule has 0 unspecified atom stereocenters. The molecule has 0 saturated carbocycles. The standard InChI is InChI=1S/C10H12ClF3N2/c11-8-5-6(9(16)3-4-15)1-2-7(8)10(12,13)14/h1-2,5,9H,3-4,15-16H2/t9-/m1/s1. The molecule has 0 amide bonds. The first-order chi connectivity index (χ1) is 7.36. The van der Waals surface area contributed by atoms with Crippen LogP contribution in [0.2, 0.25) is 5.02 Å². The Balaban J connectivity index is 3.00. The zero-order valence-corrected chi connectivity index (χ0v) is 9.15. The van der Waals surface area contributed by atoms with Gasteiger partial charge in [0, 0.05) is 6.04 Å². The number of nitrogens with two attached hydrogens (primary N) is 2. The van der Waals surface area contributed by atoms with Crippen molar-refractivity contribution >= 4 is 11.6 Å². The summed E-state index contributed by atoms with van der Waals surface area (Å²) >= 11 is 5.55. The van der Waals surface area contributed by atoms with Crippen molar-refractivity contribution < 1.29 is 13.2 Å². The van der Waals surface area contributed by atoms with E-state index in [1.807, 2.05) is 0 Å². The van der Waals surface area contributed by atoms with E-state index in [1.165, 1.54) is 12.1 Å². The van der Waals surface area contributed by atoms with Crippen LogP contribution in [-0.4, -0.2) is 6.54 Å². The number of hydrogen-bond donors (Lipinski definition) is 2. The molecule has 1 aromatic carbocycles. The van der Waals surface area contributed by atoms with E-state index >= 15 is 0 Å².